The molecular weight excluding hydrogens is 841 g/mol. The van der Waals surface area contributed by atoms with Crippen molar-refractivity contribution in [2.75, 3.05) is 0 Å². The summed E-state index contributed by atoms with van der Waals surface area (Å²) in [4.78, 5) is 4.87. The highest BCUT2D eigenvalue weighted by atomic mass is 16.5. The van der Waals surface area contributed by atoms with Crippen molar-refractivity contribution < 1.29 is 23.0 Å². The van der Waals surface area contributed by atoms with E-state index in [0.29, 0.717) is 28.2 Å². The Hall–Kier alpha value is -8.80. The normalized spacial score (nSPS) is 13.7. The summed E-state index contributed by atoms with van der Waals surface area (Å²) in [5, 5.41) is 2.11. The molecule has 0 spiro atoms. The van der Waals surface area contributed by atoms with Gasteiger partial charge in [-0.25, -0.2) is 4.98 Å². The van der Waals surface area contributed by atoms with Gasteiger partial charge in [-0.2, -0.15) is 0 Å². The quantitative estimate of drug-likeness (QED) is 0.107. The van der Waals surface area contributed by atoms with Crippen LogP contribution in [0.4, 0.5) is 0 Å². The molecule has 0 radical (unpaired) electrons. The molecule has 0 bridgehead atoms. The fourth-order valence-electron chi connectivity index (χ4n) is 9.36. The lowest BCUT2D eigenvalue weighted by molar-refractivity contribution is -0.571. The van der Waals surface area contributed by atoms with Gasteiger partial charge in [-0.1, -0.05) is 196 Å². The summed E-state index contributed by atoms with van der Waals surface area (Å²) in [6.07, 6.45) is 5.45. The van der Waals surface area contributed by atoms with Crippen LogP contribution in [0.3, 0.4) is 0 Å². The van der Waals surface area contributed by atoms with Gasteiger partial charge in [0.05, 0.1) is 47.1 Å². The minimum absolute atomic E-state index is 0.107. The summed E-state index contributed by atoms with van der Waals surface area (Å²) < 4.78 is 102. The van der Waals surface area contributed by atoms with Gasteiger partial charge in [-0.3, -0.25) is 13.7 Å². The summed E-state index contributed by atoms with van der Waals surface area (Å²) in [6, 6.07) is 49.4. The van der Waals surface area contributed by atoms with Crippen LogP contribution >= 0.6 is 0 Å². The van der Waals surface area contributed by atoms with Gasteiger partial charge in [0.2, 0.25) is 0 Å². The second kappa shape index (κ2) is 17.1. The van der Waals surface area contributed by atoms with Crippen LogP contribution in [0.15, 0.2) is 236 Å². The molecule has 330 valence electrons. The van der Waals surface area contributed by atoms with Crippen molar-refractivity contribution in [3.05, 3.63) is 248 Å². The van der Waals surface area contributed by atoms with Gasteiger partial charge in [0.1, 0.15) is 17.3 Å². The van der Waals surface area contributed by atoms with Crippen LogP contribution in [0.2, 0.25) is 0 Å². The monoisotopic (exact) mass is 898 g/mol. The first kappa shape index (κ1) is 32.0. The minimum Gasteiger partial charge on any atom is -0.458 e. The summed E-state index contributed by atoms with van der Waals surface area (Å²) in [7, 11) is 0. The lowest BCUT2D eigenvalue weighted by atomic mass is 9.88. The highest BCUT2D eigenvalue weighted by Gasteiger charge is 2.24. The van der Waals surface area contributed by atoms with Crippen molar-refractivity contribution in [2.24, 2.45) is 0 Å². The molecule has 0 fully saturated rings. The fraction of sp³-hybridized carbons (Fsp3) is 0.0625. The molecule has 12 rings (SSSR count). The van der Waals surface area contributed by atoms with Crippen molar-refractivity contribution in [2.45, 2.75) is 26.2 Å². The lowest BCUT2D eigenvalue weighted by Crippen LogP contribution is -2.31. The van der Waals surface area contributed by atoms with Gasteiger partial charge in [0, 0.05) is 23.0 Å². The Morgan fingerprint density at radius 3 is 1.90 bits per heavy atom. The third-order valence-corrected chi connectivity index (χ3v) is 12.6. The molecule has 5 heteroatoms. The van der Waals surface area contributed by atoms with Crippen LogP contribution in [-0.4, -0.2) is 14.1 Å². The molecule has 0 unspecified atom stereocenters. The van der Waals surface area contributed by atoms with Gasteiger partial charge < -0.3 is 4.74 Å². The second-order valence-corrected chi connectivity index (χ2v) is 17.8. The average molecular weight is 899 g/mol. The maximum atomic E-state index is 9.24. The Morgan fingerprint density at radius 2 is 1.14 bits per heavy atom. The number of ether oxygens (including phenoxy) is 1. The number of hydrogen-bond acceptors (Lipinski definition) is 2. The molecule has 0 aliphatic rings. The summed E-state index contributed by atoms with van der Waals surface area (Å²) in [5.41, 5.74) is 8.47. The third-order valence-electron chi connectivity index (χ3n) is 12.6. The van der Waals surface area contributed by atoms with Crippen molar-refractivity contribution in [1.29, 1.82) is 0 Å². The molecule has 12 aromatic rings. The molecule has 0 N–H and O–H groups in total. The van der Waals surface area contributed by atoms with Gasteiger partial charge >= 0.3 is 0 Å². The largest absolute Gasteiger partial charge is 0.458 e. The number of fused-ring (bicyclic) bond motifs is 4. The zero-order chi connectivity index (χ0) is 55.2. The molecule has 3 heterocycles. The van der Waals surface area contributed by atoms with Crippen molar-refractivity contribution in [1.82, 2.24) is 14.1 Å². The standard InChI is InChI=1S/C64H48N4O/c1-64(2,3)47-38-39-65-61(40-47)68-58-34-16-15-30-55(58)56-37-36-50(42-60(56)68)69-49-27-17-26-48(41-49)66-43-67(62-52(45-22-9-5-10-23-45)31-18-32-53(62)46-24-11-6-12-25-46)59-35-19-33-57(63(59)66)54-29-14-13-28-51(54)44-20-7-4-8-21-44/h4-42H,1-3H3/i5D,6D,9D,10D,11D,12D,22D,23D,24D,25D. The number of pyridine rings is 1. The predicted octanol–water partition coefficient (Wildman–Crippen LogP) is 16.0. The minimum atomic E-state index is -0.577. The molecule has 0 saturated carbocycles. The van der Waals surface area contributed by atoms with E-state index in [4.69, 9.17) is 17.9 Å². The molecule has 0 atom stereocenters. The maximum absolute atomic E-state index is 9.24. The number of para-hydroxylation sites is 3. The molecule has 9 aromatic carbocycles. The van der Waals surface area contributed by atoms with E-state index in [-0.39, 0.29) is 33.4 Å². The predicted molar refractivity (Wildman–Crippen MR) is 283 cm³/mol. The number of imidazole rings is 1. The Labute approximate surface area is 416 Å². The van der Waals surface area contributed by atoms with Crippen LogP contribution < -0.4 is 9.30 Å². The van der Waals surface area contributed by atoms with Crippen molar-refractivity contribution in [3.8, 4) is 73.2 Å². The van der Waals surface area contributed by atoms with Crippen LogP contribution in [0.25, 0.3) is 94.5 Å². The Morgan fingerprint density at radius 1 is 0.522 bits per heavy atom. The van der Waals surface area contributed by atoms with Crippen molar-refractivity contribution >= 4 is 32.8 Å². The highest BCUT2D eigenvalue weighted by Crippen LogP contribution is 2.41. The zero-order valence-corrected chi connectivity index (χ0v) is 37.9. The fourth-order valence-corrected chi connectivity index (χ4v) is 9.36. The van der Waals surface area contributed by atoms with Gasteiger partial charge in [-0.05, 0) is 104 Å². The third kappa shape index (κ3) is 7.55. The molecule has 0 saturated heterocycles. The number of benzene rings is 9. The smallest absolute Gasteiger partial charge is 0.269 e. The molecular formula is C64H48N4O. The Kier molecular flexibility index (Phi) is 7.94. The van der Waals surface area contributed by atoms with Crippen LogP contribution in [-0.2, 0) is 5.41 Å². The Balaban J connectivity index is 1.12. The molecule has 3 aromatic heterocycles. The van der Waals surface area contributed by atoms with Crippen LogP contribution in [0, 0.1) is 6.33 Å². The van der Waals surface area contributed by atoms with Crippen LogP contribution in [0.1, 0.15) is 40.0 Å². The second-order valence-electron chi connectivity index (χ2n) is 17.8. The van der Waals surface area contributed by atoms with E-state index in [1.807, 2.05) is 126 Å². The highest BCUT2D eigenvalue weighted by molar-refractivity contribution is 6.09. The van der Waals surface area contributed by atoms with Crippen molar-refractivity contribution in [3.63, 3.8) is 0 Å². The summed E-state index contributed by atoms with van der Waals surface area (Å²) in [5.74, 6) is 1.86. The van der Waals surface area contributed by atoms with Gasteiger partial charge in [0.25, 0.3) is 6.33 Å². The molecule has 0 aliphatic carbocycles. The van der Waals surface area contributed by atoms with Gasteiger partial charge in [-0.15, -0.1) is 0 Å². The molecule has 5 nitrogen and oxygen atoms in total. The van der Waals surface area contributed by atoms with E-state index < -0.39 is 60.4 Å². The topological polar surface area (TPSA) is 35.9 Å². The number of aromatic nitrogens is 4. The van der Waals surface area contributed by atoms with E-state index in [1.165, 1.54) is 0 Å². The first-order chi connectivity index (χ1) is 38.0. The Bertz CT molecular complexity index is 4320. The maximum Gasteiger partial charge on any atom is 0.269 e. The first-order valence-electron chi connectivity index (χ1n) is 27.7. The molecule has 69 heavy (non-hydrogen) atoms. The van der Waals surface area contributed by atoms with E-state index in [2.05, 4.69) is 68.1 Å². The van der Waals surface area contributed by atoms with E-state index >= 15 is 0 Å². The van der Waals surface area contributed by atoms with E-state index in [1.54, 1.807) is 22.8 Å². The zero-order valence-electron chi connectivity index (χ0n) is 47.9. The van der Waals surface area contributed by atoms with Crippen LogP contribution in [0.5, 0.6) is 11.5 Å². The molecule has 0 aliphatic heterocycles. The summed E-state index contributed by atoms with van der Waals surface area (Å²) >= 11 is 0. The SMILES string of the molecule is [2H]c1c([2H])c([2H])c(-c2cccc(-c3c([2H])c([2H])c([2H])c([2H])c3[2H])c2-[n+]2[c-]n(-c3cccc(Oc4ccc5c6ccccc6n(-c6cc(C(C)(C)C)ccn6)c5c4)c3)c3c(-c4ccccc4-c4ccccc4)cccc32)c([2H])c1[2H]. The molecule has 0 amide bonds. The summed E-state index contributed by atoms with van der Waals surface area (Å²) in [6.45, 7) is 6.55. The number of nitrogens with zero attached hydrogens (tertiary/aromatic N) is 4. The lowest BCUT2D eigenvalue weighted by Gasteiger charge is -2.20. The number of rotatable bonds is 9. The van der Waals surface area contributed by atoms with E-state index in [0.717, 1.165) is 55.4 Å². The van der Waals surface area contributed by atoms with Gasteiger partial charge in [0.15, 0.2) is 0 Å². The average Bonchev–Trinajstić information content (AvgIpc) is 4.20. The first-order valence-corrected chi connectivity index (χ1v) is 22.7. The van der Waals surface area contributed by atoms with E-state index in [9.17, 15) is 5.48 Å². The number of hydrogen-bond donors (Lipinski definition) is 0.